The highest BCUT2D eigenvalue weighted by molar-refractivity contribution is 5.70. The number of fused-ring (bicyclic) bond motifs is 1. The highest BCUT2D eigenvalue weighted by atomic mass is 16.4. The molecule has 3 unspecified atom stereocenters. The van der Waals surface area contributed by atoms with E-state index in [0.29, 0.717) is 12.0 Å². The summed E-state index contributed by atoms with van der Waals surface area (Å²) in [6, 6.07) is 8.25. The Morgan fingerprint density at radius 1 is 1.24 bits per heavy atom. The maximum Gasteiger partial charge on any atom is 0.307 e. The van der Waals surface area contributed by atoms with Crippen LogP contribution in [-0.2, 0) is 17.8 Å². The summed E-state index contributed by atoms with van der Waals surface area (Å²) >= 11 is 0. The van der Waals surface area contributed by atoms with Crippen molar-refractivity contribution in [3.8, 4) is 0 Å². The summed E-state index contributed by atoms with van der Waals surface area (Å²) in [6.45, 7) is 3.02. The predicted octanol–water partition coefficient (Wildman–Crippen LogP) is 1.87. The van der Waals surface area contributed by atoms with E-state index in [1.165, 1.54) is 12.8 Å². The van der Waals surface area contributed by atoms with E-state index in [4.69, 9.17) is 10.8 Å². The number of nitrogens with zero attached hydrogens (tertiary/aromatic N) is 1. The standard InChI is InChI=1S/C17H24N2O2/c18-16-7-3-6-14-10-19(11-15(14)16)9-13-5-2-1-4-12(13)8-17(20)21/h1-2,4-5,14-16H,3,6-11,18H2,(H,20,21). The van der Waals surface area contributed by atoms with Crippen molar-refractivity contribution in [1.82, 2.24) is 4.90 Å². The van der Waals surface area contributed by atoms with Crippen LogP contribution in [0.3, 0.4) is 0 Å². The topological polar surface area (TPSA) is 66.6 Å². The van der Waals surface area contributed by atoms with Gasteiger partial charge in [-0.05, 0) is 35.8 Å². The average molecular weight is 288 g/mol. The lowest BCUT2D eigenvalue weighted by atomic mass is 9.78. The molecule has 4 nitrogen and oxygen atoms in total. The molecule has 21 heavy (non-hydrogen) atoms. The van der Waals surface area contributed by atoms with Crippen molar-refractivity contribution in [2.45, 2.75) is 38.3 Å². The third-order valence-electron chi connectivity index (χ3n) is 5.08. The fourth-order valence-electron chi connectivity index (χ4n) is 4.03. The van der Waals surface area contributed by atoms with Crippen molar-refractivity contribution >= 4 is 5.97 Å². The second-order valence-electron chi connectivity index (χ2n) is 6.55. The van der Waals surface area contributed by atoms with Gasteiger partial charge in [-0.25, -0.2) is 0 Å². The van der Waals surface area contributed by atoms with Crippen molar-refractivity contribution in [3.05, 3.63) is 35.4 Å². The maximum absolute atomic E-state index is 11.0. The van der Waals surface area contributed by atoms with Crippen LogP contribution in [0.1, 0.15) is 30.4 Å². The summed E-state index contributed by atoms with van der Waals surface area (Å²) < 4.78 is 0. The van der Waals surface area contributed by atoms with Gasteiger partial charge in [-0.2, -0.15) is 0 Å². The maximum atomic E-state index is 11.0. The number of aliphatic carboxylic acids is 1. The van der Waals surface area contributed by atoms with Gasteiger partial charge >= 0.3 is 5.97 Å². The first-order valence-electron chi connectivity index (χ1n) is 7.90. The van der Waals surface area contributed by atoms with E-state index >= 15 is 0 Å². The molecule has 114 valence electrons. The van der Waals surface area contributed by atoms with Crippen LogP contribution >= 0.6 is 0 Å². The molecule has 0 bridgehead atoms. The third kappa shape index (κ3) is 3.27. The Bertz CT molecular complexity index is 517. The highest BCUT2D eigenvalue weighted by Gasteiger charge is 2.38. The van der Waals surface area contributed by atoms with E-state index in [0.717, 1.165) is 43.1 Å². The number of carbonyl (C=O) groups is 1. The minimum Gasteiger partial charge on any atom is -0.481 e. The van der Waals surface area contributed by atoms with Gasteiger partial charge in [-0.3, -0.25) is 9.69 Å². The molecule has 1 aromatic rings. The molecular formula is C17H24N2O2. The largest absolute Gasteiger partial charge is 0.481 e. The van der Waals surface area contributed by atoms with Crippen LogP contribution in [0.5, 0.6) is 0 Å². The van der Waals surface area contributed by atoms with Gasteiger partial charge in [-0.15, -0.1) is 0 Å². The van der Waals surface area contributed by atoms with Crippen molar-refractivity contribution < 1.29 is 9.90 Å². The average Bonchev–Trinajstić information content (AvgIpc) is 2.84. The number of likely N-dealkylation sites (tertiary alicyclic amines) is 1. The lowest BCUT2D eigenvalue weighted by Gasteiger charge is -2.29. The molecule has 1 saturated carbocycles. The molecule has 2 aliphatic rings. The molecule has 1 aliphatic carbocycles. The molecule has 0 amide bonds. The Balaban J connectivity index is 1.69. The molecule has 0 spiro atoms. The molecular weight excluding hydrogens is 264 g/mol. The summed E-state index contributed by atoms with van der Waals surface area (Å²) in [5, 5.41) is 9.03. The van der Waals surface area contributed by atoms with Gasteiger partial charge < -0.3 is 10.8 Å². The molecule has 3 atom stereocenters. The van der Waals surface area contributed by atoms with Crippen LogP contribution in [0.25, 0.3) is 0 Å². The quantitative estimate of drug-likeness (QED) is 0.887. The Kier molecular flexibility index (Phi) is 4.27. The summed E-state index contributed by atoms with van der Waals surface area (Å²) in [5.74, 6) is 0.602. The number of nitrogens with two attached hydrogens (primary N) is 1. The Morgan fingerprint density at radius 3 is 2.71 bits per heavy atom. The molecule has 0 aromatic heterocycles. The fraction of sp³-hybridized carbons (Fsp3) is 0.588. The van der Waals surface area contributed by atoms with Gasteiger partial charge in [0.2, 0.25) is 0 Å². The highest BCUT2D eigenvalue weighted by Crippen LogP contribution is 2.36. The second kappa shape index (κ2) is 6.16. The van der Waals surface area contributed by atoms with E-state index in [-0.39, 0.29) is 6.42 Å². The van der Waals surface area contributed by atoms with Gasteiger partial charge in [0.05, 0.1) is 6.42 Å². The zero-order valence-corrected chi connectivity index (χ0v) is 12.4. The first-order valence-corrected chi connectivity index (χ1v) is 7.90. The minimum absolute atomic E-state index is 0.108. The van der Waals surface area contributed by atoms with Crippen molar-refractivity contribution in [1.29, 1.82) is 0 Å². The van der Waals surface area contributed by atoms with Crippen LogP contribution < -0.4 is 5.73 Å². The summed E-state index contributed by atoms with van der Waals surface area (Å²) in [7, 11) is 0. The molecule has 2 fully saturated rings. The molecule has 1 aliphatic heterocycles. The van der Waals surface area contributed by atoms with Gasteiger partial charge in [-0.1, -0.05) is 30.7 Å². The predicted molar refractivity (Wildman–Crippen MR) is 81.9 cm³/mol. The Morgan fingerprint density at radius 2 is 2.00 bits per heavy atom. The van der Waals surface area contributed by atoms with Crippen molar-refractivity contribution in [3.63, 3.8) is 0 Å². The fourth-order valence-corrected chi connectivity index (χ4v) is 4.03. The molecule has 3 N–H and O–H groups in total. The van der Waals surface area contributed by atoms with E-state index in [2.05, 4.69) is 11.0 Å². The smallest absolute Gasteiger partial charge is 0.307 e. The zero-order valence-electron chi connectivity index (χ0n) is 12.4. The van der Waals surface area contributed by atoms with E-state index in [1.54, 1.807) is 0 Å². The second-order valence-corrected chi connectivity index (χ2v) is 6.55. The molecule has 3 rings (SSSR count). The van der Waals surface area contributed by atoms with Gasteiger partial charge in [0.25, 0.3) is 0 Å². The third-order valence-corrected chi connectivity index (χ3v) is 5.08. The van der Waals surface area contributed by atoms with Crippen LogP contribution in [-0.4, -0.2) is 35.1 Å². The summed E-state index contributed by atoms with van der Waals surface area (Å²) in [4.78, 5) is 13.4. The number of hydrogen-bond donors (Lipinski definition) is 2. The molecule has 1 heterocycles. The van der Waals surface area contributed by atoms with Gasteiger partial charge in [0, 0.05) is 25.7 Å². The SMILES string of the molecule is NC1CCCC2CN(Cc3ccccc3CC(=O)O)CC12. The number of rotatable bonds is 4. The zero-order chi connectivity index (χ0) is 14.8. The first kappa shape index (κ1) is 14.5. The van der Waals surface area contributed by atoms with Crippen LogP contribution in [0.15, 0.2) is 24.3 Å². The van der Waals surface area contributed by atoms with Crippen molar-refractivity contribution in [2.24, 2.45) is 17.6 Å². The first-order chi connectivity index (χ1) is 10.1. The number of benzene rings is 1. The van der Waals surface area contributed by atoms with Crippen LogP contribution in [0, 0.1) is 11.8 Å². The molecule has 1 aromatic carbocycles. The Hall–Kier alpha value is -1.39. The minimum atomic E-state index is -0.764. The molecule has 4 heteroatoms. The Labute approximate surface area is 125 Å². The van der Waals surface area contributed by atoms with Crippen LogP contribution in [0.4, 0.5) is 0 Å². The van der Waals surface area contributed by atoms with E-state index in [9.17, 15) is 4.79 Å². The molecule has 1 saturated heterocycles. The molecule has 0 radical (unpaired) electrons. The normalized spacial score (nSPS) is 29.3. The lowest BCUT2D eigenvalue weighted by Crippen LogP contribution is -2.38. The number of carboxylic acid groups (broad SMARTS) is 1. The number of carboxylic acids is 1. The van der Waals surface area contributed by atoms with Crippen molar-refractivity contribution in [2.75, 3.05) is 13.1 Å². The van der Waals surface area contributed by atoms with E-state index < -0.39 is 5.97 Å². The lowest BCUT2D eigenvalue weighted by molar-refractivity contribution is -0.136. The summed E-state index contributed by atoms with van der Waals surface area (Å²) in [5.41, 5.74) is 8.35. The van der Waals surface area contributed by atoms with Crippen LogP contribution in [0.2, 0.25) is 0 Å². The monoisotopic (exact) mass is 288 g/mol. The van der Waals surface area contributed by atoms with Gasteiger partial charge in [0.1, 0.15) is 0 Å². The van der Waals surface area contributed by atoms with Gasteiger partial charge in [0.15, 0.2) is 0 Å². The van der Waals surface area contributed by atoms with E-state index in [1.807, 2.05) is 18.2 Å². The summed E-state index contributed by atoms with van der Waals surface area (Å²) in [6.07, 6.45) is 3.82. The number of hydrogen-bond acceptors (Lipinski definition) is 3.